The number of ether oxygens (including phenoxy) is 3. The summed E-state index contributed by atoms with van der Waals surface area (Å²) in [5.41, 5.74) is 0.699. The fraction of sp³-hybridized carbons (Fsp3) is 0.444. The smallest absolute Gasteiger partial charge is 0.328 e. The minimum Gasteiger partial charge on any atom is -0.483 e. The molecular formula is C18H23NO6. The van der Waals surface area contributed by atoms with E-state index in [9.17, 15) is 9.59 Å². The van der Waals surface area contributed by atoms with Crippen LogP contribution in [-0.4, -0.2) is 48.4 Å². The number of benzene rings is 1. The Balaban J connectivity index is 1.91. The van der Waals surface area contributed by atoms with Crippen LogP contribution in [0, 0.1) is 0 Å². The highest BCUT2D eigenvalue weighted by atomic mass is 16.5. The predicted octanol–water partition coefficient (Wildman–Crippen LogP) is 1.55. The van der Waals surface area contributed by atoms with Crippen molar-refractivity contribution in [3.63, 3.8) is 0 Å². The molecule has 136 valence electrons. The number of amides is 1. The highest BCUT2D eigenvalue weighted by molar-refractivity contribution is 5.84. The highest BCUT2D eigenvalue weighted by Crippen LogP contribution is 2.41. The zero-order chi connectivity index (χ0) is 18.4. The summed E-state index contributed by atoms with van der Waals surface area (Å²) < 4.78 is 16.5. The molecule has 0 spiro atoms. The molecule has 7 heteroatoms. The second kappa shape index (κ2) is 8.02. The molecule has 1 aromatic rings. The number of carboxylic acid groups (broad SMARTS) is 1. The Kier molecular flexibility index (Phi) is 6.03. The zero-order valence-electron chi connectivity index (χ0n) is 14.4. The minimum atomic E-state index is -1.18. The molecule has 0 fully saturated rings. The Labute approximate surface area is 146 Å². The molecule has 0 aliphatic carbocycles. The third-order valence-electron chi connectivity index (χ3n) is 3.57. The van der Waals surface area contributed by atoms with Crippen LogP contribution in [0.3, 0.4) is 0 Å². The van der Waals surface area contributed by atoms with Gasteiger partial charge in [-0.05, 0) is 19.9 Å². The maximum absolute atomic E-state index is 12.0. The van der Waals surface area contributed by atoms with Gasteiger partial charge in [0.25, 0.3) is 5.91 Å². The lowest BCUT2D eigenvalue weighted by atomic mass is 10.0. The van der Waals surface area contributed by atoms with E-state index in [0.29, 0.717) is 11.5 Å². The lowest BCUT2D eigenvalue weighted by Gasteiger charge is -2.18. The summed E-state index contributed by atoms with van der Waals surface area (Å²) in [5.74, 6) is -0.634. The van der Waals surface area contributed by atoms with E-state index in [2.05, 4.69) is 11.9 Å². The van der Waals surface area contributed by atoms with Crippen LogP contribution in [0.2, 0.25) is 0 Å². The first-order chi connectivity index (χ1) is 11.8. The van der Waals surface area contributed by atoms with Crippen LogP contribution in [0.1, 0.15) is 19.4 Å². The van der Waals surface area contributed by atoms with Crippen LogP contribution in [0.5, 0.6) is 11.5 Å². The summed E-state index contributed by atoms with van der Waals surface area (Å²) in [5, 5.41) is 11.5. The summed E-state index contributed by atoms with van der Waals surface area (Å²) in [4.78, 5) is 23.1. The van der Waals surface area contributed by atoms with Crippen molar-refractivity contribution >= 4 is 11.9 Å². The number of aliphatic carboxylic acids is 1. The third-order valence-corrected chi connectivity index (χ3v) is 3.57. The number of fused-ring (bicyclic) bond motifs is 1. The van der Waals surface area contributed by atoms with E-state index in [1.165, 1.54) is 6.08 Å². The molecule has 0 saturated carbocycles. The van der Waals surface area contributed by atoms with Gasteiger partial charge in [-0.2, -0.15) is 0 Å². The molecule has 1 aromatic carbocycles. The second-order valence-corrected chi connectivity index (χ2v) is 6.36. The molecule has 7 nitrogen and oxygen atoms in total. The van der Waals surface area contributed by atoms with Gasteiger partial charge >= 0.3 is 5.97 Å². The first kappa shape index (κ1) is 18.8. The molecule has 1 heterocycles. The fourth-order valence-corrected chi connectivity index (χ4v) is 2.52. The summed E-state index contributed by atoms with van der Waals surface area (Å²) >= 11 is 0. The molecule has 1 atom stereocenters. The summed E-state index contributed by atoms with van der Waals surface area (Å²) in [7, 11) is 0. The molecule has 1 aliphatic rings. The SMILES string of the molecule is C=CCOCC(NC(=O)COc1cccc2c1OC(C)(C)C2)C(=O)O. The fourth-order valence-electron chi connectivity index (χ4n) is 2.52. The van der Waals surface area contributed by atoms with Crippen molar-refractivity contribution in [2.45, 2.75) is 31.9 Å². The molecule has 2 rings (SSSR count). The van der Waals surface area contributed by atoms with Gasteiger partial charge in [0, 0.05) is 12.0 Å². The normalized spacial score (nSPS) is 15.6. The standard InChI is InChI=1S/C18H23NO6/c1-4-8-23-10-13(17(21)22)19-15(20)11-24-14-7-5-6-12-9-18(2,3)25-16(12)14/h4-7,13H,1,8-11H2,2-3H3,(H,19,20)(H,21,22). The van der Waals surface area contributed by atoms with Gasteiger partial charge in [0.1, 0.15) is 5.60 Å². The lowest BCUT2D eigenvalue weighted by Crippen LogP contribution is -2.45. The van der Waals surface area contributed by atoms with Gasteiger partial charge in [-0.15, -0.1) is 6.58 Å². The summed E-state index contributed by atoms with van der Waals surface area (Å²) in [6, 6.07) is 4.36. The Morgan fingerprint density at radius 2 is 2.24 bits per heavy atom. The van der Waals surface area contributed by atoms with Crippen molar-refractivity contribution in [1.82, 2.24) is 5.32 Å². The van der Waals surface area contributed by atoms with Crippen LogP contribution in [0.15, 0.2) is 30.9 Å². The van der Waals surface area contributed by atoms with E-state index in [1.54, 1.807) is 6.07 Å². The Morgan fingerprint density at radius 3 is 2.92 bits per heavy atom. The number of carboxylic acids is 1. The zero-order valence-corrected chi connectivity index (χ0v) is 14.4. The quantitative estimate of drug-likeness (QED) is 0.519. The Bertz CT molecular complexity index is 655. The van der Waals surface area contributed by atoms with Gasteiger partial charge < -0.3 is 24.6 Å². The monoisotopic (exact) mass is 349 g/mol. The summed E-state index contributed by atoms with van der Waals surface area (Å²) in [6.07, 6.45) is 2.26. The lowest BCUT2D eigenvalue weighted by molar-refractivity contribution is -0.143. The number of rotatable bonds is 9. The van der Waals surface area contributed by atoms with Crippen molar-refractivity contribution in [2.24, 2.45) is 0 Å². The Morgan fingerprint density at radius 1 is 1.48 bits per heavy atom. The van der Waals surface area contributed by atoms with Crippen LogP contribution >= 0.6 is 0 Å². The molecule has 0 bridgehead atoms. The predicted molar refractivity (Wildman–Crippen MR) is 90.9 cm³/mol. The first-order valence-corrected chi connectivity index (χ1v) is 7.97. The van der Waals surface area contributed by atoms with E-state index < -0.39 is 17.9 Å². The van der Waals surface area contributed by atoms with Crippen molar-refractivity contribution < 1.29 is 28.9 Å². The van der Waals surface area contributed by atoms with Crippen LogP contribution in [0.25, 0.3) is 0 Å². The number of para-hydroxylation sites is 1. The molecule has 1 amide bonds. The molecule has 0 aromatic heterocycles. The second-order valence-electron chi connectivity index (χ2n) is 6.36. The van der Waals surface area contributed by atoms with Crippen LogP contribution < -0.4 is 14.8 Å². The van der Waals surface area contributed by atoms with Gasteiger partial charge in [0.05, 0.1) is 13.2 Å². The number of nitrogens with one attached hydrogen (secondary N) is 1. The molecule has 1 aliphatic heterocycles. The topological polar surface area (TPSA) is 94.1 Å². The van der Waals surface area contributed by atoms with Crippen molar-refractivity contribution in [2.75, 3.05) is 19.8 Å². The van der Waals surface area contributed by atoms with E-state index >= 15 is 0 Å². The molecule has 0 saturated heterocycles. The van der Waals surface area contributed by atoms with Gasteiger partial charge in [0.2, 0.25) is 0 Å². The highest BCUT2D eigenvalue weighted by Gasteiger charge is 2.32. The largest absolute Gasteiger partial charge is 0.483 e. The third kappa shape index (κ3) is 5.22. The number of hydrogen-bond donors (Lipinski definition) is 2. The molecule has 0 radical (unpaired) electrons. The van der Waals surface area contributed by atoms with Gasteiger partial charge in [-0.1, -0.05) is 18.2 Å². The van der Waals surface area contributed by atoms with Crippen molar-refractivity contribution in [3.05, 3.63) is 36.4 Å². The number of hydrogen-bond acceptors (Lipinski definition) is 5. The Hall–Kier alpha value is -2.54. The van der Waals surface area contributed by atoms with Gasteiger partial charge in [-0.3, -0.25) is 4.79 Å². The molecule has 1 unspecified atom stereocenters. The van der Waals surface area contributed by atoms with E-state index in [4.69, 9.17) is 19.3 Å². The molecule has 25 heavy (non-hydrogen) atoms. The number of carbonyl (C=O) groups excluding carboxylic acids is 1. The maximum atomic E-state index is 12.0. The van der Waals surface area contributed by atoms with E-state index in [-0.39, 0.29) is 25.4 Å². The van der Waals surface area contributed by atoms with E-state index in [0.717, 1.165) is 12.0 Å². The summed E-state index contributed by atoms with van der Waals surface area (Å²) in [6.45, 7) is 7.17. The van der Waals surface area contributed by atoms with Gasteiger partial charge in [0.15, 0.2) is 24.1 Å². The number of carbonyl (C=O) groups is 2. The first-order valence-electron chi connectivity index (χ1n) is 7.97. The van der Waals surface area contributed by atoms with Crippen molar-refractivity contribution in [3.8, 4) is 11.5 Å². The molecular weight excluding hydrogens is 326 g/mol. The maximum Gasteiger partial charge on any atom is 0.328 e. The van der Waals surface area contributed by atoms with Gasteiger partial charge in [-0.25, -0.2) is 4.79 Å². The average molecular weight is 349 g/mol. The van der Waals surface area contributed by atoms with Crippen molar-refractivity contribution in [1.29, 1.82) is 0 Å². The molecule has 2 N–H and O–H groups in total. The van der Waals surface area contributed by atoms with Crippen LogP contribution in [-0.2, 0) is 20.7 Å². The minimum absolute atomic E-state index is 0.148. The van der Waals surface area contributed by atoms with Crippen LogP contribution in [0.4, 0.5) is 0 Å². The van der Waals surface area contributed by atoms with E-state index in [1.807, 2.05) is 26.0 Å². The average Bonchev–Trinajstić information content (AvgIpc) is 2.86.